The van der Waals surface area contributed by atoms with Crippen LogP contribution in [0, 0.1) is 6.92 Å². The Morgan fingerprint density at radius 2 is 1.78 bits per heavy atom. The number of hydrogen-bond acceptors (Lipinski definition) is 5. The van der Waals surface area contributed by atoms with Gasteiger partial charge in [0.05, 0.1) is 17.8 Å². The van der Waals surface area contributed by atoms with Gasteiger partial charge in [0.15, 0.2) is 0 Å². The summed E-state index contributed by atoms with van der Waals surface area (Å²) in [5.41, 5.74) is 1.48. The van der Waals surface area contributed by atoms with Gasteiger partial charge in [0.25, 0.3) is 0 Å². The van der Waals surface area contributed by atoms with E-state index < -0.39 is 0 Å². The van der Waals surface area contributed by atoms with Gasteiger partial charge in [-0.25, -0.2) is 4.98 Å². The van der Waals surface area contributed by atoms with Crippen LogP contribution in [0.25, 0.3) is 0 Å². The molecule has 0 aliphatic carbocycles. The second kappa shape index (κ2) is 6.08. The minimum absolute atomic E-state index is 0.327. The highest BCUT2D eigenvalue weighted by molar-refractivity contribution is 6.62. The zero-order valence-corrected chi connectivity index (χ0v) is 14.9. The monoisotopic (exact) mass is 318 g/mol. The minimum atomic E-state index is -0.354. The van der Waals surface area contributed by atoms with Gasteiger partial charge in [-0.1, -0.05) is 6.07 Å². The Hall–Kier alpha value is -1.11. The SMILES string of the molecule is Cc1cc(B2OC(C)(C)C(C)(C)O2)cnc1N1CCCOCC1. The van der Waals surface area contributed by atoms with Gasteiger partial charge in [-0.05, 0) is 46.6 Å². The van der Waals surface area contributed by atoms with Gasteiger partial charge >= 0.3 is 7.12 Å². The number of aryl methyl sites for hydroxylation is 1. The zero-order chi connectivity index (χ0) is 16.7. The average molecular weight is 318 g/mol. The van der Waals surface area contributed by atoms with Crippen molar-refractivity contribution < 1.29 is 14.0 Å². The fourth-order valence-electron chi connectivity index (χ4n) is 2.99. The quantitative estimate of drug-likeness (QED) is 0.780. The molecule has 0 radical (unpaired) electrons. The first kappa shape index (κ1) is 16.7. The van der Waals surface area contributed by atoms with Crippen LogP contribution in [0.4, 0.5) is 5.82 Å². The van der Waals surface area contributed by atoms with Gasteiger partial charge in [-0.2, -0.15) is 0 Å². The summed E-state index contributed by atoms with van der Waals surface area (Å²) in [6, 6.07) is 2.14. The molecule has 0 atom stereocenters. The van der Waals surface area contributed by atoms with Gasteiger partial charge in [0.2, 0.25) is 0 Å². The second-order valence-electron chi connectivity index (χ2n) is 7.45. The van der Waals surface area contributed by atoms with Crippen molar-refractivity contribution in [2.24, 2.45) is 0 Å². The summed E-state index contributed by atoms with van der Waals surface area (Å²) in [6.45, 7) is 13.9. The minimum Gasteiger partial charge on any atom is -0.399 e. The molecule has 0 aromatic carbocycles. The summed E-state index contributed by atoms with van der Waals surface area (Å²) in [4.78, 5) is 7.00. The lowest BCUT2D eigenvalue weighted by molar-refractivity contribution is 0.00578. The Bertz CT molecular complexity index is 553. The van der Waals surface area contributed by atoms with E-state index in [9.17, 15) is 0 Å². The molecule has 3 heterocycles. The molecule has 1 aromatic rings. The van der Waals surface area contributed by atoms with Gasteiger partial charge in [-0.15, -0.1) is 0 Å². The zero-order valence-electron chi connectivity index (χ0n) is 14.9. The molecule has 126 valence electrons. The molecule has 2 aliphatic rings. The van der Waals surface area contributed by atoms with Crippen LogP contribution in [-0.2, 0) is 14.0 Å². The van der Waals surface area contributed by atoms with E-state index in [2.05, 4.69) is 45.6 Å². The molecule has 23 heavy (non-hydrogen) atoms. The van der Waals surface area contributed by atoms with Crippen LogP contribution in [0.15, 0.2) is 12.3 Å². The molecule has 0 amide bonds. The second-order valence-corrected chi connectivity index (χ2v) is 7.45. The smallest absolute Gasteiger partial charge is 0.399 e. The highest BCUT2D eigenvalue weighted by Crippen LogP contribution is 2.36. The van der Waals surface area contributed by atoms with Crippen molar-refractivity contribution in [1.29, 1.82) is 0 Å². The predicted molar refractivity (Wildman–Crippen MR) is 92.3 cm³/mol. The summed E-state index contributed by atoms with van der Waals surface area (Å²) in [5, 5.41) is 0. The summed E-state index contributed by atoms with van der Waals surface area (Å²) >= 11 is 0. The first-order valence-electron chi connectivity index (χ1n) is 8.45. The third-order valence-electron chi connectivity index (χ3n) is 5.12. The van der Waals surface area contributed by atoms with Gasteiger partial charge in [0, 0.05) is 31.4 Å². The van der Waals surface area contributed by atoms with E-state index in [-0.39, 0.29) is 18.3 Å². The number of ether oxygens (including phenoxy) is 1. The molecule has 2 fully saturated rings. The van der Waals surface area contributed by atoms with Gasteiger partial charge in [0.1, 0.15) is 5.82 Å². The predicted octanol–water partition coefficient (Wildman–Crippen LogP) is 1.92. The number of rotatable bonds is 2. The maximum absolute atomic E-state index is 6.11. The van der Waals surface area contributed by atoms with Crippen LogP contribution >= 0.6 is 0 Å². The fraction of sp³-hybridized carbons (Fsp3) is 0.706. The Labute approximate surface area is 139 Å². The molecule has 2 aliphatic heterocycles. The molecule has 5 nitrogen and oxygen atoms in total. The van der Waals surface area contributed by atoms with Gasteiger partial charge in [-0.3, -0.25) is 0 Å². The van der Waals surface area contributed by atoms with E-state index in [0.717, 1.165) is 49.6 Å². The van der Waals surface area contributed by atoms with Crippen LogP contribution in [0.5, 0.6) is 0 Å². The van der Waals surface area contributed by atoms with E-state index in [1.54, 1.807) is 0 Å². The normalized spacial score (nSPS) is 23.9. The fourth-order valence-corrected chi connectivity index (χ4v) is 2.99. The van der Waals surface area contributed by atoms with Crippen LogP contribution in [-0.4, -0.2) is 49.6 Å². The Morgan fingerprint density at radius 3 is 2.43 bits per heavy atom. The number of hydrogen-bond donors (Lipinski definition) is 0. The van der Waals surface area contributed by atoms with Crippen molar-refractivity contribution >= 4 is 18.4 Å². The molecule has 0 bridgehead atoms. The lowest BCUT2D eigenvalue weighted by atomic mass is 9.79. The number of pyridine rings is 1. The molecule has 3 rings (SSSR count). The number of nitrogens with zero attached hydrogens (tertiary/aromatic N) is 2. The van der Waals surface area contributed by atoms with E-state index in [1.165, 1.54) is 0 Å². The first-order valence-corrected chi connectivity index (χ1v) is 8.45. The van der Waals surface area contributed by atoms with E-state index in [4.69, 9.17) is 19.0 Å². The molecule has 0 unspecified atom stereocenters. The lowest BCUT2D eigenvalue weighted by Crippen LogP contribution is -2.41. The van der Waals surface area contributed by atoms with Crippen LogP contribution < -0.4 is 10.4 Å². The maximum atomic E-state index is 6.11. The third-order valence-corrected chi connectivity index (χ3v) is 5.12. The van der Waals surface area contributed by atoms with Crippen molar-refractivity contribution in [3.8, 4) is 0 Å². The number of aromatic nitrogens is 1. The standard InChI is InChI=1S/C17H27BN2O3/c1-13-11-14(18-22-16(2,3)17(4,5)23-18)12-19-15(13)20-7-6-9-21-10-8-20/h11-12H,6-10H2,1-5H3. The summed E-state index contributed by atoms with van der Waals surface area (Å²) in [7, 11) is -0.354. The maximum Gasteiger partial charge on any atom is 0.496 e. The Balaban J connectivity index is 1.80. The largest absolute Gasteiger partial charge is 0.496 e. The molecule has 0 saturated carbocycles. The molecule has 0 N–H and O–H groups in total. The average Bonchev–Trinajstić information content (AvgIpc) is 2.66. The molecule has 2 saturated heterocycles. The third kappa shape index (κ3) is 3.25. The molecular formula is C17H27BN2O3. The Kier molecular flexibility index (Phi) is 4.42. The molecule has 1 aromatic heterocycles. The van der Waals surface area contributed by atoms with Crippen molar-refractivity contribution in [2.45, 2.75) is 52.2 Å². The van der Waals surface area contributed by atoms with Crippen LogP contribution in [0.1, 0.15) is 39.7 Å². The van der Waals surface area contributed by atoms with E-state index in [0.29, 0.717) is 0 Å². The van der Waals surface area contributed by atoms with E-state index in [1.807, 2.05) is 6.20 Å². The molecular weight excluding hydrogens is 291 g/mol. The van der Waals surface area contributed by atoms with E-state index >= 15 is 0 Å². The highest BCUT2D eigenvalue weighted by Gasteiger charge is 2.51. The van der Waals surface area contributed by atoms with Crippen molar-refractivity contribution in [3.63, 3.8) is 0 Å². The summed E-state index contributed by atoms with van der Waals surface area (Å²) in [5.74, 6) is 1.04. The van der Waals surface area contributed by atoms with Crippen LogP contribution in [0.2, 0.25) is 0 Å². The van der Waals surface area contributed by atoms with Crippen LogP contribution in [0.3, 0.4) is 0 Å². The van der Waals surface area contributed by atoms with Crippen molar-refractivity contribution in [2.75, 3.05) is 31.2 Å². The lowest BCUT2D eigenvalue weighted by Gasteiger charge is -2.32. The summed E-state index contributed by atoms with van der Waals surface area (Å²) in [6.07, 6.45) is 2.93. The Morgan fingerprint density at radius 1 is 1.09 bits per heavy atom. The molecule has 6 heteroatoms. The van der Waals surface area contributed by atoms with Crippen molar-refractivity contribution in [3.05, 3.63) is 17.8 Å². The topological polar surface area (TPSA) is 43.8 Å². The van der Waals surface area contributed by atoms with Crippen molar-refractivity contribution in [1.82, 2.24) is 4.98 Å². The summed E-state index contributed by atoms with van der Waals surface area (Å²) < 4.78 is 17.8. The van der Waals surface area contributed by atoms with Gasteiger partial charge < -0.3 is 18.9 Å². The highest BCUT2D eigenvalue weighted by atomic mass is 16.7. The number of anilines is 1. The molecule has 0 spiro atoms. The first-order chi connectivity index (χ1) is 10.8.